The lowest BCUT2D eigenvalue weighted by molar-refractivity contribution is -0.138. The number of halogens is 3. The maximum absolute atomic E-state index is 12.3. The van der Waals surface area contributed by atoms with Crippen molar-refractivity contribution in [3.05, 3.63) is 29.6 Å². The van der Waals surface area contributed by atoms with Crippen molar-refractivity contribution in [2.75, 3.05) is 0 Å². The number of nitrogens with zero attached hydrogens (tertiary/aromatic N) is 1. The molecule has 4 nitrogen and oxygen atoms in total. The molecule has 0 spiro atoms. The molecule has 1 rings (SSSR count). The van der Waals surface area contributed by atoms with Gasteiger partial charge in [-0.1, -0.05) is 0 Å². The number of rotatable bonds is 1. The van der Waals surface area contributed by atoms with Gasteiger partial charge >= 0.3 is 6.18 Å². The van der Waals surface area contributed by atoms with E-state index in [2.05, 4.69) is 4.98 Å². The van der Waals surface area contributed by atoms with Crippen molar-refractivity contribution in [2.45, 2.75) is 6.18 Å². The van der Waals surface area contributed by atoms with Gasteiger partial charge in [0.1, 0.15) is 5.69 Å². The average Bonchev–Trinajstić information content (AvgIpc) is 2.15. The largest absolute Gasteiger partial charge is 0.418 e. The maximum atomic E-state index is 12.3. The molecule has 7 heteroatoms. The predicted molar refractivity (Wildman–Crippen MR) is 40.9 cm³/mol. The molecule has 0 saturated carbocycles. The highest BCUT2D eigenvalue weighted by molar-refractivity contribution is 5.93. The Labute approximate surface area is 76.9 Å². The van der Waals surface area contributed by atoms with Crippen molar-refractivity contribution in [1.82, 2.24) is 10.4 Å². The van der Waals surface area contributed by atoms with E-state index in [1.54, 1.807) is 5.43 Å². The third-order valence-corrected chi connectivity index (χ3v) is 1.46. The van der Waals surface area contributed by atoms with E-state index in [0.29, 0.717) is 0 Å². The minimum absolute atomic E-state index is 0.734. The zero-order valence-electron chi connectivity index (χ0n) is 6.80. The zero-order valence-corrected chi connectivity index (χ0v) is 6.80. The summed E-state index contributed by atoms with van der Waals surface area (Å²) in [5, 5.41) is 0. The lowest BCUT2D eigenvalue weighted by atomic mass is 10.2. The van der Waals surface area contributed by atoms with E-state index in [1.165, 1.54) is 0 Å². The minimum Gasteiger partial charge on any atom is -0.289 e. The Morgan fingerprint density at radius 3 is 2.64 bits per heavy atom. The molecule has 1 amide bonds. The molecule has 0 radical (unpaired) electrons. The van der Waals surface area contributed by atoms with Gasteiger partial charge in [0.2, 0.25) is 0 Å². The van der Waals surface area contributed by atoms with E-state index in [0.717, 1.165) is 18.3 Å². The summed E-state index contributed by atoms with van der Waals surface area (Å²) in [5.74, 6) is 3.64. The van der Waals surface area contributed by atoms with E-state index in [1.807, 2.05) is 0 Å². The summed E-state index contributed by atoms with van der Waals surface area (Å²) in [7, 11) is 0. The summed E-state index contributed by atoms with van der Waals surface area (Å²) in [6, 6.07) is 1.85. The van der Waals surface area contributed by atoms with Gasteiger partial charge < -0.3 is 0 Å². The third kappa shape index (κ3) is 1.99. The number of nitrogens with one attached hydrogen (secondary N) is 1. The van der Waals surface area contributed by atoms with Crippen LogP contribution in [0.4, 0.5) is 13.2 Å². The number of hydrogen-bond acceptors (Lipinski definition) is 3. The Kier molecular flexibility index (Phi) is 2.70. The van der Waals surface area contributed by atoms with Crippen LogP contribution in [0.2, 0.25) is 0 Å². The fourth-order valence-electron chi connectivity index (χ4n) is 0.883. The summed E-state index contributed by atoms with van der Waals surface area (Å²) >= 11 is 0. The molecule has 76 valence electrons. The van der Waals surface area contributed by atoms with Gasteiger partial charge in [-0.15, -0.1) is 0 Å². The first-order chi connectivity index (χ1) is 6.46. The van der Waals surface area contributed by atoms with Crippen molar-refractivity contribution in [3.8, 4) is 0 Å². The topological polar surface area (TPSA) is 68.0 Å². The van der Waals surface area contributed by atoms with E-state index >= 15 is 0 Å². The average molecular weight is 205 g/mol. The van der Waals surface area contributed by atoms with Crippen molar-refractivity contribution < 1.29 is 18.0 Å². The van der Waals surface area contributed by atoms with Gasteiger partial charge in [0, 0.05) is 6.20 Å². The van der Waals surface area contributed by atoms with E-state index in [4.69, 9.17) is 5.84 Å². The predicted octanol–water partition coefficient (Wildman–Crippen LogP) is 0.704. The van der Waals surface area contributed by atoms with Crippen molar-refractivity contribution in [2.24, 2.45) is 5.84 Å². The van der Waals surface area contributed by atoms with Gasteiger partial charge in [-0.2, -0.15) is 13.2 Å². The van der Waals surface area contributed by atoms with E-state index in [-0.39, 0.29) is 0 Å². The van der Waals surface area contributed by atoms with E-state index < -0.39 is 23.3 Å². The Hall–Kier alpha value is -1.63. The second-order valence-corrected chi connectivity index (χ2v) is 2.37. The third-order valence-electron chi connectivity index (χ3n) is 1.46. The molecule has 0 aliphatic heterocycles. The summed E-state index contributed by atoms with van der Waals surface area (Å²) in [4.78, 5) is 14.2. The number of hydrazine groups is 1. The number of nitrogen functional groups attached to an aromatic ring is 1. The monoisotopic (exact) mass is 205 g/mol. The maximum Gasteiger partial charge on any atom is 0.418 e. The fourth-order valence-corrected chi connectivity index (χ4v) is 0.883. The van der Waals surface area contributed by atoms with Gasteiger partial charge in [-0.3, -0.25) is 15.2 Å². The highest BCUT2D eigenvalue weighted by Crippen LogP contribution is 2.30. The Bertz CT molecular complexity index is 350. The van der Waals surface area contributed by atoms with Gasteiger partial charge in [0.25, 0.3) is 5.91 Å². The molecule has 0 bridgehead atoms. The Balaban J connectivity index is 3.23. The highest BCUT2D eigenvalue weighted by atomic mass is 19.4. The van der Waals surface area contributed by atoms with Crippen LogP contribution in [-0.4, -0.2) is 10.9 Å². The first-order valence-electron chi connectivity index (χ1n) is 3.50. The smallest absolute Gasteiger partial charge is 0.289 e. The number of hydrogen-bond donors (Lipinski definition) is 2. The van der Waals surface area contributed by atoms with Crippen LogP contribution in [0.15, 0.2) is 18.3 Å². The van der Waals surface area contributed by atoms with Crippen molar-refractivity contribution in [1.29, 1.82) is 0 Å². The fraction of sp³-hybridized carbons (Fsp3) is 0.143. The molecular formula is C7H6F3N3O. The molecule has 0 unspecified atom stereocenters. The van der Waals surface area contributed by atoms with Gasteiger partial charge in [-0.05, 0) is 12.1 Å². The van der Waals surface area contributed by atoms with Crippen LogP contribution < -0.4 is 11.3 Å². The van der Waals surface area contributed by atoms with Crippen LogP contribution in [0, 0.1) is 0 Å². The first kappa shape index (κ1) is 10.5. The van der Waals surface area contributed by atoms with Crippen LogP contribution in [0.5, 0.6) is 0 Å². The molecule has 0 aliphatic rings. The molecule has 0 saturated heterocycles. The van der Waals surface area contributed by atoms with E-state index in [9.17, 15) is 18.0 Å². The molecule has 14 heavy (non-hydrogen) atoms. The quantitative estimate of drug-likeness (QED) is 0.403. The van der Waals surface area contributed by atoms with Crippen LogP contribution >= 0.6 is 0 Å². The number of carbonyl (C=O) groups excluding carboxylic acids is 1. The first-order valence-corrected chi connectivity index (χ1v) is 3.50. The normalized spacial score (nSPS) is 11.1. The number of nitrogens with two attached hydrogens (primary N) is 1. The molecule has 1 aromatic rings. The summed E-state index contributed by atoms with van der Waals surface area (Å²) in [6.45, 7) is 0. The zero-order chi connectivity index (χ0) is 10.8. The number of carbonyl (C=O) groups is 1. The van der Waals surface area contributed by atoms with Crippen LogP contribution in [0.1, 0.15) is 16.1 Å². The van der Waals surface area contributed by atoms with Gasteiger partial charge in [-0.25, -0.2) is 5.84 Å². The Morgan fingerprint density at radius 1 is 1.50 bits per heavy atom. The molecular weight excluding hydrogens is 199 g/mol. The van der Waals surface area contributed by atoms with Crippen LogP contribution in [0.3, 0.4) is 0 Å². The van der Waals surface area contributed by atoms with Crippen molar-refractivity contribution >= 4 is 5.91 Å². The molecule has 0 aliphatic carbocycles. The highest BCUT2D eigenvalue weighted by Gasteiger charge is 2.35. The molecule has 0 aromatic carbocycles. The molecule has 1 heterocycles. The number of aromatic nitrogens is 1. The van der Waals surface area contributed by atoms with Gasteiger partial charge in [0.05, 0.1) is 5.56 Å². The summed E-state index contributed by atoms with van der Waals surface area (Å²) in [6.07, 6.45) is -3.53. The molecule has 3 N–H and O–H groups in total. The van der Waals surface area contributed by atoms with Crippen LogP contribution in [0.25, 0.3) is 0 Å². The van der Waals surface area contributed by atoms with Crippen LogP contribution in [-0.2, 0) is 6.18 Å². The Morgan fingerprint density at radius 2 is 2.14 bits per heavy atom. The lowest BCUT2D eigenvalue weighted by Gasteiger charge is -2.09. The van der Waals surface area contributed by atoms with Crippen molar-refractivity contribution in [3.63, 3.8) is 0 Å². The number of pyridine rings is 1. The summed E-state index contributed by atoms with van der Waals surface area (Å²) < 4.78 is 36.9. The number of amides is 1. The SMILES string of the molecule is NNC(=O)c1ncccc1C(F)(F)F. The second-order valence-electron chi connectivity index (χ2n) is 2.37. The lowest BCUT2D eigenvalue weighted by Crippen LogP contribution is -2.32. The van der Waals surface area contributed by atoms with Gasteiger partial charge in [0.15, 0.2) is 0 Å². The second kappa shape index (κ2) is 3.62. The summed E-state index contributed by atoms with van der Waals surface area (Å²) in [5.41, 5.74) is -0.250. The molecule has 0 fully saturated rings. The minimum atomic E-state index is -4.61. The number of alkyl halides is 3. The molecule has 1 aromatic heterocycles. The molecule has 0 atom stereocenters. The standard InChI is InChI=1S/C7H6F3N3O/c8-7(9,10)4-2-1-3-12-5(4)6(14)13-11/h1-3H,11H2,(H,13,14).